The number of terminal acetylenes is 1. The molecule has 2 aromatic rings. The molecule has 112 valence electrons. The molecule has 0 amide bonds. The molecule has 0 saturated heterocycles. The van der Waals surface area contributed by atoms with Crippen LogP contribution < -0.4 is 4.74 Å². The van der Waals surface area contributed by atoms with Crippen LogP contribution in [0.3, 0.4) is 0 Å². The van der Waals surface area contributed by atoms with Crippen LogP contribution in [0.25, 0.3) is 6.08 Å². The van der Waals surface area contributed by atoms with Gasteiger partial charge in [-0.05, 0) is 36.4 Å². The lowest BCUT2D eigenvalue weighted by molar-refractivity contribution is 0.306. The summed E-state index contributed by atoms with van der Waals surface area (Å²) in [6, 6.07) is 18.2. The number of hydrogen-bond acceptors (Lipinski definition) is 2. The number of benzene rings is 2. The van der Waals surface area contributed by atoms with Crippen LogP contribution in [0.1, 0.15) is 11.1 Å². The van der Waals surface area contributed by atoms with E-state index in [0.29, 0.717) is 13.2 Å². The van der Waals surface area contributed by atoms with E-state index in [1.165, 1.54) is 5.56 Å². The van der Waals surface area contributed by atoms with Gasteiger partial charge in [0.05, 0.1) is 6.54 Å². The summed E-state index contributed by atoms with van der Waals surface area (Å²) >= 11 is 0. The molecular weight excluding hydrogens is 270 g/mol. The third-order valence-corrected chi connectivity index (χ3v) is 3.19. The molecule has 0 fully saturated rings. The number of ether oxygens (including phenoxy) is 1. The first kappa shape index (κ1) is 15.9. The van der Waals surface area contributed by atoms with Crippen LogP contribution in [-0.4, -0.2) is 25.0 Å². The summed E-state index contributed by atoms with van der Waals surface area (Å²) in [5.74, 6) is 3.52. The molecule has 0 aliphatic heterocycles. The van der Waals surface area contributed by atoms with Gasteiger partial charge in [0.15, 0.2) is 0 Å². The second-order valence-corrected chi connectivity index (χ2v) is 5.15. The minimum atomic E-state index is 0.572. The highest BCUT2D eigenvalue weighted by molar-refractivity contribution is 5.50. The van der Waals surface area contributed by atoms with Crippen LogP contribution in [0.5, 0.6) is 5.75 Å². The van der Waals surface area contributed by atoms with E-state index in [1.54, 1.807) is 0 Å². The Morgan fingerprint density at radius 1 is 1.14 bits per heavy atom. The predicted octanol–water partition coefficient (Wildman–Crippen LogP) is 3.84. The number of rotatable bonds is 7. The van der Waals surface area contributed by atoms with Gasteiger partial charge in [-0.2, -0.15) is 0 Å². The molecule has 0 saturated carbocycles. The standard InChI is InChI=1S/C20H21NO/c1-3-14-21(2)15-8-11-18-9-7-10-19(16-18)17-22-20-12-5-4-6-13-20/h1,4-13,16H,14-15,17H2,2H3/b11-8+. The molecule has 0 unspecified atom stereocenters. The zero-order valence-corrected chi connectivity index (χ0v) is 12.9. The van der Waals surface area contributed by atoms with Gasteiger partial charge in [-0.3, -0.25) is 4.90 Å². The van der Waals surface area contributed by atoms with E-state index in [-0.39, 0.29) is 0 Å². The topological polar surface area (TPSA) is 12.5 Å². The maximum absolute atomic E-state index is 5.77. The number of para-hydroxylation sites is 1. The Morgan fingerprint density at radius 3 is 2.73 bits per heavy atom. The lowest BCUT2D eigenvalue weighted by atomic mass is 10.1. The Balaban J connectivity index is 1.90. The summed E-state index contributed by atoms with van der Waals surface area (Å²) < 4.78 is 5.77. The minimum absolute atomic E-state index is 0.572. The van der Waals surface area contributed by atoms with Gasteiger partial charge < -0.3 is 4.74 Å². The summed E-state index contributed by atoms with van der Waals surface area (Å²) in [7, 11) is 2.01. The zero-order chi connectivity index (χ0) is 15.6. The fourth-order valence-electron chi connectivity index (χ4n) is 2.06. The molecule has 2 rings (SSSR count). The van der Waals surface area contributed by atoms with E-state index in [0.717, 1.165) is 17.9 Å². The molecule has 22 heavy (non-hydrogen) atoms. The second-order valence-electron chi connectivity index (χ2n) is 5.15. The summed E-state index contributed by atoms with van der Waals surface area (Å²) in [5, 5.41) is 0. The van der Waals surface area contributed by atoms with Crippen molar-refractivity contribution in [2.24, 2.45) is 0 Å². The van der Waals surface area contributed by atoms with Crippen molar-refractivity contribution in [3.63, 3.8) is 0 Å². The largest absolute Gasteiger partial charge is 0.489 e. The number of hydrogen-bond donors (Lipinski definition) is 0. The van der Waals surface area contributed by atoms with E-state index in [4.69, 9.17) is 11.2 Å². The summed E-state index contributed by atoms with van der Waals surface area (Å²) in [6.07, 6.45) is 9.51. The molecule has 0 radical (unpaired) electrons. The molecule has 0 atom stereocenters. The quantitative estimate of drug-likeness (QED) is 0.719. The fourth-order valence-corrected chi connectivity index (χ4v) is 2.06. The van der Waals surface area contributed by atoms with Gasteiger partial charge in [-0.1, -0.05) is 54.5 Å². The normalized spacial score (nSPS) is 10.8. The van der Waals surface area contributed by atoms with E-state index < -0.39 is 0 Å². The van der Waals surface area contributed by atoms with Gasteiger partial charge in [0.1, 0.15) is 12.4 Å². The van der Waals surface area contributed by atoms with Gasteiger partial charge in [-0.25, -0.2) is 0 Å². The lowest BCUT2D eigenvalue weighted by Gasteiger charge is -2.09. The monoisotopic (exact) mass is 291 g/mol. The van der Waals surface area contributed by atoms with Crippen molar-refractivity contribution >= 4 is 6.08 Å². The van der Waals surface area contributed by atoms with Gasteiger partial charge in [0, 0.05) is 6.54 Å². The van der Waals surface area contributed by atoms with Crippen LogP contribution in [0.4, 0.5) is 0 Å². The highest BCUT2D eigenvalue weighted by Crippen LogP contribution is 2.13. The highest BCUT2D eigenvalue weighted by Gasteiger charge is 1.97. The molecule has 0 N–H and O–H groups in total. The summed E-state index contributed by atoms with van der Waals surface area (Å²) in [4.78, 5) is 2.08. The van der Waals surface area contributed by atoms with E-state index >= 15 is 0 Å². The Hall–Kier alpha value is -2.50. The van der Waals surface area contributed by atoms with Crippen LogP contribution in [0.2, 0.25) is 0 Å². The Kier molecular flexibility index (Phi) is 6.29. The van der Waals surface area contributed by atoms with Crippen molar-refractivity contribution in [2.75, 3.05) is 20.1 Å². The maximum atomic E-state index is 5.77. The molecule has 0 aliphatic rings. The number of nitrogens with zero attached hydrogens (tertiary/aromatic N) is 1. The lowest BCUT2D eigenvalue weighted by Crippen LogP contribution is -2.17. The highest BCUT2D eigenvalue weighted by atomic mass is 16.5. The maximum Gasteiger partial charge on any atom is 0.119 e. The first-order valence-electron chi connectivity index (χ1n) is 7.33. The van der Waals surface area contributed by atoms with Gasteiger partial charge in [0.2, 0.25) is 0 Å². The Bertz CT molecular complexity index is 640. The van der Waals surface area contributed by atoms with Gasteiger partial charge >= 0.3 is 0 Å². The average molecular weight is 291 g/mol. The van der Waals surface area contributed by atoms with Crippen molar-refractivity contribution in [2.45, 2.75) is 6.61 Å². The molecular formula is C20H21NO. The van der Waals surface area contributed by atoms with Crippen LogP contribution >= 0.6 is 0 Å². The molecule has 0 aliphatic carbocycles. The second kappa shape index (κ2) is 8.71. The fraction of sp³-hybridized carbons (Fsp3) is 0.200. The van der Waals surface area contributed by atoms with Crippen LogP contribution in [-0.2, 0) is 6.61 Å². The SMILES string of the molecule is C#CCN(C)C/C=C/c1cccc(COc2ccccc2)c1. The smallest absolute Gasteiger partial charge is 0.119 e. The number of likely N-dealkylation sites (N-methyl/N-ethyl adjacent to an activating group) is 1. The molecule has 0 bridgehead atoms. The van der Waals surface area contributed by atoms with Crippen molar-refractivity contribution < 1.29 is 4.74 Å². The van der Waals surface area contributed by atoms with Crippen LogP contribution in [0, 0.1) is 12.3 Å². The average Bonchev–Trinajstić information content (AvgIpc) is 2.55. The van der Waals surface area contributed by atoms with Crippen molar-refractivity contribution in [1.82, 2.24) is 4.90 Å². The first-order chi connectivity index (χ1) is 10.8. The predicted molar refractivity (Wildman–Crippen MR) is 92.6 cm³/mol. The first-order valence-corrected chi connectivity index (χ1v) is 7.33. The van der Waals surface area contributed by atoms with Gasteiger partial charge in [-0.15, -0.1) is 6.42 Å². The molecule has 2 aromatic carbocycles. The van der Waals surface area contributed by atoms with Crippen molar-refractivity contribution in [3.05, 3.63) is 71.8 Å². The minimum Gasteiger partial charge on any atom is -0.489 e. The third kappa shape index (κ3) is 5.47. The molecule has 0 aromatic heterocycles. The van der Waals surface area contributed by atoms with Gasteiger partial charge in [0.25, 0.3) is 0 Å². The Labute approximate surface area is 133 Å². The van der Waals surface area contributed by atoms with E-state index in [1.807, 2.05) is 37.4 Å². The van der Waals surface area contributed by atoms with E-state index in [2.05, 4.69) is 47.2 Å². The molecule has 2 heteroatoms. The molecule has 0 spiro atoms. The summed E-state index contributed by atoms with van der Waals surface area (Å²) in [5.41, 5.74) is 2.33. The van der Waals surface area contributed by atoms with Crippen LogP contribution in [0.15, 0.2) is 60.7 Å². The molecule has 0 heterocycles. The Morgan fingerprint density at radius 2 is 1.95 bits per heavy atom. The summed E-state index contributed by atoms with van der Waals surface area (Å²) in [6.45, 7) is 2.08. The third-order valence-electron chi connectivity index (χ3n) is 3.19. The van der Waals surface area contributed by atoms with Crippen molar-refractivity contribution in [3.8, 4) is 18.1 Å². The molecule has 2 nitrogen and oxygen atoms in total. The van der Waals surface area contributed by atoms with Crippen molar-refractivity contribution in [1.29, 1.82) is 0 Å². The zero-order valence-electron chi connectivity index (χ0n) is 12.9. The van der Waals surface area contributed by atoms with E-state index in [9.17, 15) is 0 Å².